The summed E-state index contributed by atoms with van der Waals surface area (Å²) in [6.45, 7) is 3.61. The van der Waals surface area contributed by atoms with Crippen LogP contribution in [0.5, 0.6) is 11.6 Å². The normalized spacial score (nSPS) is 10.9. The molecule has 0 bridgehead atoms. The number of rotatable bonds is 8. The second-order valence-electron chi connectivity index (χ2n) is 8.26. The number of aromatic nitrogens is 3. The maximum Gasteiger partial charge on any atom is 0.272 e. The van der Waals surface area contributed by atoms with Gasteiger partial charge in [-0.05, 0) is 49.7 Å². The lowest BCUT2D eigenvalue weighted by Crippen LogP contribution is -2.25. The van der Waals surface area contributed by atoms with Crippen molar-refractivity contribution < 1.29 is 23.5 Å². The summed E-state index contributed by atoms with van der Waals surface area (Å²) in [6, 6.07) is 11.6. The summed E-state index contributed by atoms with van der Waals surface area (Å²) >= 11 is 0. The number of nitrogens with zero attached hydrogens (tertiary/aromatic N) is 2. The number of benzene rings is 2. The first-order chi connectivity index (χ1) is 17.3. The van der Waals surface area contributed by atoms with E-state index >= 15 is 0 Å². The quantitative estimate of drug-likeness (QED) is 0.345. The fourth-order valence-electron chi connectivity index (χ4n) is 3.76. The molecule has 2 aromatic heterocycles. The van der Waals surface area contributed by atoms with Gasteiger partial charge in [0.05, 0.1) is 18.7 Å². The molecule has 2 heterocycles. The van der Waals surface area contributed by atoms with Gasteiger partial charge in [0, 0.05) is 36.3 Å². The average molecular weight is 492 g/mol. The highest BCUT2D eigenvalue weighted by atomic mass is 19.1. The van der Waals surface area contributed by atoms with E-state index in [0.717, 1.165) is 5.56 Å². The Kier molecular flexibility index (Phi) is 7.14. The standard InChI is InChI=1S/C26H26FN5O4/c1-14(2)36-22-7-5-6-20(27)19(22)13-29-24(33)18-10-16(12-30-26(18)35-4)15-8-9-17-21(11-15)31-32-23(17)25(34)28-3/h5-12,14H,13H2,1-4H3,(H,28,34)(H,29,33)(H,31,32). The second kappa shape index (κ2) is 10.4. The van der Waals surface area contributed by atoms with Crippen molar-refractivity contribution in [2.75, 3.05) is 14.2 Å². The number of fused-ring (bicyclic) bond motifs is 1. The van der Waals surface area contributed by atoms with Crippen molar-refractivity contribution in [2.24, 2.45) is 0 Å². The smallest absolute Gasteiger partial charge is 0.272 e. The van der Waals surface area contributed by atoms with Gasteiger partial charge in [0.15, 0.2) is 5.69 Å². The van der Waals surface area contributed by atoms with E-state index in [4.69, 9.17) is 9.47 Å². The summed E-state index contributed by atoms with van der Waals surface area (Å²) in [5, 5.41) is 12.9. The number of hydrogen-bond acceptors (Lipinski definition) is 6. The highest BCUT2D eigenvalue weighted by Crippen LogP contribution is 2.28. The SMILES string of the molecule is CNC(=O)c1n[nH]c2cc(-c3cnc(OC)c(C(=O)NCc4c(F)cccc4OC(C)C)c3)ccc12. The molecule has 0 unspecified atom stereocenters. The maximum atomic E-state index is 14.5. The molecule has 0 atom stereocenters. The minimum atomic E-state index is -0.482. The molecule has 2 aromatic carbocycles. The van der Waals surface area contributed by atoms with Gasteiger partial charge in [-0.15, -0.1) is 0 Å². The Labute approximate surface area is 207 Å². The van der Waals surface area contributed by atoms with Crippen LogP contribution in [0.4, 0.5) is 4.39 Å². The van der Waals surface area contributed by atoms with Crippen molar-refractivity contribution in [1.82, 2.24) is 25.8 Å². The lowest BCUT2D eigenvalue weighted by Gasteiger charge is -2.16. The highest BCUT2D eigenvalue weighted by Gasteiger charge is 2.19. The van der Waals surface area contributed by atoms with E-state index in [1.54, 1.807) is 30.5 Å². The predicted octanol–water partition coefficient (Wildman–Crippen LogP) is 3.85. The largest absolute Gasteiger partial charge is 0.491 e. The van der Waals surface area contributed by atoms with Crippen molar-refractivity contribution in [2.45, 2.75) is 26.5 Å². The zero-order valence-corrected chi connectivity index (χ0v) is 20.3. The first kappa shape index (κ1) is 24.6. The fourth-order valence-corrected chi connectivity index (χ4v) is 3.76. The van der Waals surface area contributed by atoms with Crippen LogP contribution >= 0.6 is 0 Å². The number of nitrogens with one attached hydrogen (secondary N) is 3. The third kappa shape index (κ3) is 4.97. The molecular weight excluding hydrogens is 465 g/mol. The molecule has 0 saturated carbocycles. The molecular formula is C26H26FN5O4. The number of halogens is 1. The zero-order chi connectivity index (χ0) is 25.8. The van der Waals surface area contributed by atoms with Crippen molar-refractivity contribution in [1.29, 1.82) is 0 Å². The van der Waals surface area contributed by atoms with Crippen molar-refractivity contribution in [3.05, 3.63) is 71.3 Å². The summed E-state index contributed by atoms with van der Waals surface area (Å²) in [4.78, 5) is 29.4. The maximum absolute atomic E-state index is 14.5. The fraction of sp³-hybridized carbons (Fsp3) is 0.231. The van der Waals surface area contributed by atoms with Crippen LogP contribution in [0.1, 0.15) is 40.3 Å². The third-order valence-electron chi connectivity index (χ3n) is 5.49. The van der Waals surface area contributed by atoms with Gasteiger partial charge < -0.3 is 20.1 Å². The Bertz CT molecular complexity index is 1430. The van der Waals surface area contributed by atoms with Crippen LogP contribution in [0.3, 0.4) is 0 Å². The zero-order valence-electron chi connectivity index (χ0n) is 20.3. The minimum Gasteiger partial charge on any atom is -0.491 e. The average Bonchev–Trinajstić information content (AvgIpc) is 3.30. The van der Waals surface area contributed by atoms with Crippen LogP contribution in [-0.2, 0) is 6.54 Å². The highest BCUT2D eigenvalue weighted by molar-refractivity contribution is 6.05. The summed E-state index contributed by atoms with van der Waals surface area (Å²) in [6.07, 6.45) is 1.43. The number of methoxy groups -OCH3 is 1. The van der Waals surface area contributed by atoms with E-state index in [1.807, 2.05) is 26.0 Å². The number of ether oxygens (including phenoxy) is 2. The van der Waals surface area contributed by atoms with Crippen molar-refractivity contribution in [3.8, 4) is 22.8 Å². The van der Waals surface area contributed by atoms with Crippen LogP contribution in [-0.4, -0.2) is 47.3 Å². The Balaban J connectivity index is 1.61. The Hall–Kier alpha value is -4.47. The molecule has 4 aromatic rings. The summed E-state index contributed by atoms with van der Waals surface area (Å²) in [5.41, 5.74) is 2.79. The van der Waals surface area contributed by atoms with Gasteiger partial charge in [0.1, 0.15) is 17.1 Å². The van der Waals surface area contributed by atoms with E-state index in [2.05, 4.69) is 25.8 Å². The second-order valence-corrected chi connectivity index (χ2v) is 8.26. The molecule has 0 aliphatic rings. The molecule has 36 heavy (non-hydrogen) atoms. The van der Waals surface area contributed by atoms with Crippen LogP contribution in [0.25, 0.3) is 22.0 Å². The number of amides is 2. The summed E-state index contributed by atoms with van der Waals surface area (Å²) < 4.78 is 25.5. The number of carbonyl (C=O) groups is 2. The molecule has 0 fully saturated rings. The van der Waals surface area contributed by atoms with Gasteiger partial charge in [-0.1, -0.05) is 12.1 Å². The predicted molar refractivity (Wildman–Crippen MR) is 133 cm³/mol. The molecule has 0 radical (unpaired) electrons. The van der Waals surface area contributed by atoms with E-state index in [-0.39, 0.29) is 35.6 Å². The number of aromatic amines is 1. The van der Waals surface area contributed by atoms with Gasteiger partial charge in [0.2, 0.25) is 5.88 Å². The number of carbonyl (C=O) groups excluding carboxylic acids is 2. The van der Waals surface area contributed by atoms with E-state index < -0.39 is 11.7 Å². The molecule has 0 saturated heterocycles. The van der Waals surface area contributed by atoms with Crippen LogP contribution in [0.2, 0.25) is 0 Å². The van der Waals surface area contributed by atoms with Crippen LogP contribution in [0.15, 0.2) is 48.7 Å². The number of hydrogen-bond donors (Lipinski definition) is 3. The lowest BCUT2D eigenvalue weighted by molar-refractivity contribution is 0.0942. The Morgan fingerprint density at radius 1 is 1.11 bits per heavy atom. The van der Waals surface area contributed by atoms with Crippen molar-refractivity contribution in [3.63, 3.8) is 0 Å². The van der Waals surface area contributed by atoms with Gasteiger partial charge in [-0.3, -0.25) is 14.7 Å². The van der Waals surface area contributed by atoms with Crippen LogP contribution < -0.4 is 20.1 Å². The molecule has 0 aliphatic heterocycles. The lowest BCUT2D eigenvalue weighted by atomic mass is 10.0. The number of pyridine rings is 1. The summed E-state index contributed by atoms with van der Waals surface area (Å²) in [5.74, 6) is -0.752. The monoisotopic (exact) mass is 491 g/mol. The molecule has 4 rings (SSSR count). The number of H-pyrrole nitrogens is 1. The molecule has 0 spiro atoms. The molecule has 9 nitrogen and oxygen atoms in total. The first-order valence-electron chi connectivity index (χ1n) is 11.3. The Morgan fingerprint density at radius 3 is 2.64 bits per heavy atom. The van der Waals surface area contributed by atoms with E-state index in [0.29, 0.717) is 27.9 Å². The molecule has 2 amide bonds. The molecule has 0 aliphatic carbocycles. The molecule has 186 valence electrons. The summed E-state index contributed by atoms with van der Waals surface area (Å²) in [7, 11) is 2.96. The third-order valence-corrected chi connectivity index (χ3v) is 5.49. The van der Waals surface area contributed by atoms with E-state index in [1.165, 1.54) is 20.2 Å². The topological polar surface area (TPSA) is 118 Å². The molecule has 3 N–H and O–H groups in total. The van der Waals surface area contributed by atoms with E-state index in [9.17, 15) is 14.0 Å². The van der Waals surface area contributed by atoms with Crippen LogP contribution in [0, 0.1) is 5.82 Å². The first-order valence-corrected chi connectivity index (χ1v) is 11.3. The van der Waals surface area contributed by atoms with Gasteiger partial charge in [-0.25, -0.2) is 9.37 Å². The van der Waals surface area contributed by atoms with Gasteiger partial charge in [-0.2, -0.15) is 5.10 Å². The molecule has 10 heteroatoms. The Morgan fingerprint density at radius 2 is 1.92 bits per heavy atom. The van der Waals surface area contributed by atoms with Crippen molar-refractivity contribution >= 4 is 22.7 Å². The minimum absolute atomic E-state index is 0.0800. The van der Waals surface area contributed by atoms with Gasteiger partial charge in [0.25, 0.3) is 11.8 Å². The van der Waals surface area contributed by atoms with Gasteiger partial charge >= 0.3 is 0 Å².